The van der Waals surface area contributed by atoms with E-state index in [-0.39, 0.29) is 11.8 Å². The van der Waals surface area contributed by atoms with Crippen LogP contribution in [0.5, 0.6) is 0 Å². The summed E-state index contributed by atoms with van der Waals surface area (Å²) in [6, 6.07) is 5.78. The van der Waals surface area contributed by atoms with E-state index in [1.54, 1.807) is 6.20 Å². The molecule has 0 radical (unpaired) electrons. The first kappa shape index (κ1) is 16.2. The van der Waals surface area contributed by atoms with Gasteiger partial charge in [0.05, 0.1) is 5.60 Å². The second-order valence-corrected chi connectivity index (χ2v) is 6.54. The molecule has 3 heterocycles. The number of piperidine rings is 1. The van der Waals surface area contributed by atoms with Crippen molar-refractivity contribution in [2.45, 2.75) is 31.3 Å². The van der Waals surface area contributed by atoms with Gasteiger partial charge in [0.15, 0.2) is 0 Å². The van der Waals surface area contributed by atoms with Crippen molar-refractivity contribution in [2.75, 3.05) is 37.7 Å². The van der Waals surface area contributed by atoms with Gasteiger partial charge in [-0.25, -0.2) is 4.98 Å². The number of amides is 1. The van der Waals surface area contributed by atoms with Crippen LogP contribution in [0.1, 0.15) is 25.7 Å². The molecule has 2 N–H and O–H groups in total. The predicted molar refractivity (Wildman–Crippen MR) is 87.2 cm³/mol. The van der Waals surface area contributed by atoms with Crippen molar-refractivity contribution in [1.82, 2.24) is 10.3 Å². The van der Waals surface area contributed by atoms with E-state index in [1.807, 2.05) is 18.2 Å². The zero-order valence-electron chi connectivity index (χ0n) is 13.4. The highest BCUT2D eigenvalue weighted by Crippen LogP contribution is 2.24. The fourth-order valence-electron chi connectivity index (χ4n) is 3.35. The fraction of sp³-hybridized carbons (Fsp3) is 0.647. The Morgan fingerprint density at radius 2 is 2.26 bits per heavy atom. The maximum absolute atomic E-state index is 12.2. The predicted octanol–water partition coefficient (Wildman–Crippen LogP) is 0.956. The van der Waals surface area contributed by atoms with Crippen LogP contribution in [0.2, 0.25) is 0 Å². The summed E-state index contributed by atoms with van der Waals surface area (Å²) in [4.78, 5) is 18.7. The van der Waals surface area contributed by atoms with E-state index in [4.69, 9.17) is 4.74 Å². The molecule has 2 aliphatic heterocycles. The molecule has 3 rings (SSSR count). The van der Waals surface area contributed by atoms with E-state index in [9.17, 15) is 9.90 Å². The summed E-state index contributed by atoms with van der Waals surface area (Å²) in [6.07, 6.45) is 4.88. The third-order valence-corrected chi connectivity index (χ3v) is 4.71. The van der Waals surface area contributed by atoms with Gasteiger partial charge in [0.2, 0.25) is 5.91 Å². The van der Waals surface area contributed by atoms with Gasteiger partial charge < -0.3 is 20.1 Å². The van der Waals surface area contributed by atoms with Crippen LogP contribution in [0.4, 0.5) is 5.82 Å². The Morgan fingerprint density at radius 1 is 1.43 bits per heavy atom. The van der Waals surface area contributed by atoms with Crippen LogP contribution in [0.15, 0.2) is 24.4 Å². The maximum atomic E-state index is 12.2. The van der Waals surface area contributed by atoms with E-state index in [1.165, 1.54) is 0 Å². The minimum absolute atomic E-state index is 0.0165. The standard InChI is InChI=1S/C17H25N3O3/c21-16(14-5-10-23-11-6-14)19-12-17(22)7-3-9-20(13-17)15-4-1-2-8-18-15/h1-2,4,8,14,22H,3,5-7,9-13H2,(H,19,21). The molecule has 23 heavy (non-hydrogen) atoms. The molecule has 0 bridgehead atoms. The van der Waals surface area contributed by atoms with Crippen molar-refractivity contribution < 1.29 is 14.6 Å². The van der Waals surface area contributed by atoms with Gasteiger partial charge in [0, 0.05) is 45.0 Å². The highest BCUT2D eigenvalue weighted by Gasteiger charge is 2.35. The zero-order valence-corrected chi connectivity index (χ0v) is 13.4. The molecule has 1 atom stereocenters. The van der Waals surface area contributed by atoms with Gasteiger partial charge in [-0.2, -0.15) is 0 Å². The van der Waals surface area contributed by atoms with E-state index < -0.39 is 5.60 Å². The van der Waals surface area contributed by atoms with Crippen LogP contribution in [0, 0.1) is 5.92 Å². The maximum Gasteiger partial charge on any atom is 0.223 e. The molecule has 0 aromatic carbocycles. The summed E-state index contributed by atoms with van der Waals surface area (Å²) in [6.45, 7) is 2.98. The van der Waals surface area contributed by atoms with Crippen molar-refractivity contribution in [1.29, 1.82) is 0 Å². The number of pyridine rings is 1. The first-order valence-electron chi connectivity index (χ1n) is 8.40. The second kappa shape index (κ2) is 7.27. The Bertz CT molecular complexity index is 519. The molecule has 6 heteroatoms. The number of nitrogens with one attached hydrogen (secondary N) is 1. The van der Waals surface area contributed by atoms with Gasteiger partial charge in [0.1, 0.15) is 5.82 Å². The summed E-state index contributed by atoms with van der Waals surface area (Å²) in [5, 5.41) is 13.8. The number of carbonyl (C=O) groups is 1. The van der Waals surface area contributed by atoms with Crippen LogP contribution in [-0.4, -0.2) is 54.4 Å². The van der Waals surface area contributed by atoms with Crippen LogP contribution >= 0.6 is 0 Å². The Balaban J connectivity index is 1.54. The third kappa shape index (κ3) is 4.20. The van der Waals surface area contributed by atoms with Crippen LogP contribution in [-0.2, 0) is 9.53 Å². The Morgan fingerprint density at radius 3 is 3.00 bits per heavy atom. The van der Waals surface area contributed by atoms with E-state index >= 15 is 0 Å². The van der Waals surface area contributed by atoms with Crippen LogP contribution in [0.25, 0.3) is 0 Å². The lowest BCUT2D eigenvalue weighted by Crippen LogP contribution is -2.55. The summed E-state index contributed by atoms with van der Waals surface area (Å²) >= 11 is 0. The summed E-state index contributed by atoms with van der Waals surface area (Å²) in [5.74, 6) is 0.931. The Labute approximate surface area is 136 Å². The van der Waals surface area contributed by atoms with Crippen molar-refractivity contribution in [2.24, 2.45) is 5.92 Å². The molecule has 1 unspecified atom stereocenters. The fourth-order valence-corrected chi connectivity index (χ4v) is 3.35. The third-order valence-electron chi connectivity index (χ3n) is 4.71. The van der Waals surface area contributed by atoms with Crippen LogP contribution in [0.3, 0.4) is 0 Å². The van der Waals surface area contributed by atoms with Crippen LogP contribution < -0.4 is 10.2 Å². The number of β-amino-alcohol motifs (C(OH)–C–C–N with tert-alkyl or cyclic N) is 1. The lowest BCUT2D eigenvalue weighted by Gasteiger charge is -2.40. The lowest BCUT2D eigenvalue weighted by atomic mass is 9.92. The number of hydrogen-bond acceptors (Lipinski definition) is 5. The first-order valence-corrected chi connectivity index (χ1v) is 8.40. The Hall–Kier alpha value is -1.66. The van der Waals surface area contributed by atoms with Gasteiger partial charge >= 0.3 is 0 Å². The van der Waals surface area contributed by atoms with E-state index in [0.717, 1.165) is 31.6 Å². The molecular weight excluding hydrogens is 294 g/mol. The smallest absolute Gasteiger partial charge is 0.223 e. The average molecular weight is 319 g/mol. The molecule has 2 saturated heterocycles. The van der Waals surface area contributed by atoms with Gasteiger partial charge in [-0.15, -0.1) is 0 Å². The lowest BCUT2D eigenvalue weighted by molar-refractivity contribution is -0.129. The molecule has 0 aliphatic carbocycles. The molecule has 2 fully saturated rings. The quantitative estimate of drug-likeness (QED) is 0.864. The number of anilines is 1. The minimum atomic E-state index is -0.892. The molecule has 1 aromatic rings. The molecule has 2 aliphatic rings. The van der Waals surface area contributed by atoms with Gasteiger partial charge in [-0.05, 0) is 37.8 Å². The number of hydrogen-bond donors (Lipinski definition) is 2. The summed E-state index contributed by atoms with van der Waals surface area (Å²) in [7, 11) is 0. The van der Waals surface area contributed by atoms with Gasteiger partial charge in [0.25, 0.3) is 0 Å². The van der Waals surface area contributed by atoms with Crippen molar-refractivity contribution >= 4 is 11.7 Å². The highest BCUT2D eigenvalue weighted by molar-refractivity contribution is 5.78. The van der Waals surface area contributed by atoms with Crippen molar-refractivity contribution in [3.63, 3.8) is 0 Å². The molecule has 1 aromatic heterocycles. The second-order valence-electron chi connectivity index (χ2n) is 6.54. The van der Waals surface area contributed by atoms with Crippen molar-refractivity contribution in [3.8, 4) is 0 Å². The highest BCUT2D eigenvalue weighted by atomic mass is 16.5. The monoisotopic (exact) mass is 319 g/mol. The number of rotatable bonds is 4. The molecule has 6 nitrogen and oxygen atoms in total. The number of ether oxygens (including phenoxy) is 1. The molecule has 1 amide bonds. The largest absolute Gasteiger partial charge is 0.386 e. The average Bonchev–Trinajstić information content (AvgIpc) is 2.61. The molecule has 126 valence electrons. The minimum Gasteiger partial charge on any atom is -0.386 e. The zero-order chi connectivity index (χ0) is 16.1. The van der Waals surface area contributed by atoms with Gasteiger partial charge in [-0.3, -0.25) is 4.79 Å². The van der Waals surface area contributed by atoms with Crippen molar-refractivity contribution in [3.05, 3.63) is 24.4 Å². The molecule has 0 spiro atoms. The summed E-state index contributed by atoms with van der Waals surface area (Å²) < 4.78 is 5.28. The first-order chi connectivity index (χ1) is 11.2. The van der Waals surface area contributed by atoms with E-state index in [0.29, 0.717) is 32.7 Å². The van der Waals surface area contributed by atoms with Gasteiger partial charge in [-0.1, -0.05) is 6.07 Å². The SMILES string of the molecule is O=C(NCC1(O)CCCN(c2ccccn2)C1)C1CCOCC1. The molecule has 0 saturated carbocycles. The number of aromatic nitrogens is 1. The number of aliphatic hydroxyl groups is 1. The summed E-state index contributed by atoms with van der Waals surface area (Å²) in [5.41, 5.74) is -0.892. The number of nitrogens with zero attached hydrogens (tertiary/aromatic N) is 2. The normalized spacial score (nSPS) is 26.0. The number of carbonyl (C=O) groups excluding carboxylic acids is 1. The Kier molecular flexibility index (Phi) is 5.13. The molecular formula is C17H25N3O3. The topological polar surface area (TPSA) is 74.7 Å². The van der Waals surface area contributed by atoms with E-state index in [2.05, 4.69) is 15.2 Å².